The number of hydrogen-bond acceptors (Lipinski definition) is 4. The lowest BCUT2D eigenvalue weighted by molar-refractivity contribution is 0.00316. The summed E-state index contributed by atoms with van der Waals surface area (Å²) in [7, 11) is 3.56. The molecule has 0 radical (unpaired) electrons. The molecule has 1 aromatic rings. The highest BCUT2D eigenvalue weighted by Gasteiger charge is 2.50. The number of hydrogen-bond donors (Lipinski definition) is 1. The second-order valence-corrected chi connectivity index (χ2v) is 6.13. The van der Waals surface area contributed by atoms with Crippen molar-refractivity contribution in [3.05, 3.63) is 35.1 Å². The molecule has 0 saturated heterocycles. The van der Waals surface area contributed by atoms with Crippen LogP contribution in [0.4, 0.5) is 4.39 Å². The summed E-state index contributed by atoms with van der Waals surface area (Å²) in [6, 6.07) is 4.90. The fourth-order valence-corrected chi connectivity index (χ4v) is 2.85. The average molecular weight is 320 g/mol. The largest absolute Gasteiger partial charge is 0.298 e. The number of aryl methyl sites for hydroxylation is 1. The number of nitrogens with zero attached hydrogens (tertiary/aromatic N) is 3. The number of hydrazone groups is 1. The molecule has 0 spiro atoms. The molecular weight excluding hydrogens is 295 g/mol. The normalized spacial score (nSPS) is 17.5. The molecule has 1 fully saturated rings. The molecule has 0 aliphatic heterocycles. The summed E-state index contributed by atoms with van der Waals surface area (Å²) in [6.07, 6.45) is 1.78. The monoisotopic (exact) mass is 320 g/mol. The Hall–Kier alpha value is -1.95. The van der Waals surface area contributed by atoms with Crippen molar-refractivity contribution in [1.82, 2.24) is 10.5 Å². The molecule has 1 aliphatic rings. The van der Waals surface area contributed by atoms with E-state index in [1.807, 2.05) is 27.0 Å². The topological polar surface area (TPSA) is 49.2 Å². The number of halogens is 1. The molecule has 1 aliphatic carbocycles. The van der Waals surface area contributed by atoms with Crippen molar-refractivity contribution in [3.8, 4) is 0 Å². The second-order valence-electron chi connectivity index (χ2n) is 6.13. The van der Waals surface area contributed by atoms with Crippen LogP contribution in [0.5, 0.6) is 0 Å². The molecule has 5 nitrogen and oxygen atoms in total. The van der Waals surface area contributed by atoms with Gasteiger partial charge in [-0.1, -0.05) is 6.07 Å². The molecule has 0 bridgehead atoms. The molecule has 0 heterocycles. The predicted molar refractivity (Wildman–Crippen MR) is 91.3 cm³/mol. The second kappa shape index (κ2) is 7.08. The first kappa shape index (κ1) is 17.4. The maximum absolute atomic E-state index is 13.7. The highest BCUT2D eigenvalue weighted by molar-refractivity contribution is 5.95. The van der Waals surface area contributed by atoms with Gasteiger partial charge in [0.05, 0.1) is 12.0 Å². The van der Waals surface area contributed by atoms with E-state index in [0.717, 1.165) is 29.8 Å². The van der Waals surface area contributed by atoms with Crippen LogP contribution in [-0.4, -0.2) is 44.3 Å². The first-order valence-electron chi connectivity index (χ1n) is 7.76. The zero-order valence-corrected chi connectivity index (χ0v) is 14.3. The smallest absolute Gasteiger partial charge is 0.131 e. The summed E-state index contributed by atoms with van der Waals surface area (Å²) >= 11 is 0. The fraction of sp³-hybridized carbons (Fsp3) is 0.529. The minimum absolute atomic E-state index is 0.0911. The molecule has 1 N–H and O–H groups in total. The predicted octanol–water partition coefficient (Wildman–Crippen LogP) is 2.65. The maximum atomic E-state index is 13.7. The number of rotatable bonds is 7. The summed E-state index contributed by atoms with van der Waals surface area (Å²) in [4.78, 5) is 10.0. The zero-order valence-electron chi connectivity index (χ0n) is 14.3. The fourth-order valence-electron chi connectivity index (χ4n) is 2.85. The minimum atomic E-state index is -0.261. The van der Waals surface area contributed by atoms with E-state index >= 15 is 0 Å². The number of hydroxylamine groups is 1. The number of likely N-dealkylation sites (N-methyl/N-ethyl adjacent to an activating group) is 1. The Morgan fingerprint density at radius 2 is 2.22 bits per heavy atom. The van der Waals surface area contributed by atoms with Gasteiger partial charge in [0.2, 0.25) is 0 Å². The van der Waals surface area contributed by atoms with Gasteiger partial charge in [-0.15, -0.1) is 0 Å². The number of amidine groups is 1. The van der Waals surface area contributed by atoms with Gasteiger partial charge in [-0.2, -0.15) is 5.10 Å². The highest BCUT2D eigenvalue weighted by Crippen LogP contribution is 2.50. The van der Waals surface area contributed by atoms with Gasteiger partial charge in [0.15, 0.2) is 0 Å². The molecule has 0 aromatic heterocycles. The first-order chi connectivity index (χ1) is 10.9. The van der Waals surface area contributed by atoms with Gasteiger partial charge < -0.3 is 0 Å². The molecule has 1 saturated carbocycles. The summed E-state index contributed by atoms with van der Waals surface area (Å²) in [5.41, 5.74) is 4.77. The number of benzene rings is 1. The van der Waals surface area contributed by atoms with Crippen molar-refractivity contribution < 1.29 is 9.23 Å². The van der Waals surface area contributed by atoms with E-state index in [1.54, 1.807) is 18.1 Å². The number of nitrogens with one attached hydrogen (secondary N) is 1. The molecule has 0 amide bonds. The van der Waals surface area contributed by atoms with Gasteiger partial charge in [0, 0.05) is 20.8 Å². The Balaban J connectivity index is 2.09. The Morgan fingerprint density at radius 1 is 1.52 bits per heavy atom. The summed E-state index contributed by atoms with van der Waals surface area (Å²) in [5, 5.41) is 5.52. The van der Waals surface area contributed by atoms with Crippen LogP contribution in [0.15, 0.2) is 28.3 Å². The van der Waals surface area contributed by atoms with Crippen molar-refractivity contribution in [2.75, 3.05) is 20.6 Å². The van der Waals surface area contributed by atoms with Gasteiger partial charge in [0.25, 0.3) is 0 Å². The van der Waals surface area contributed by atoms with E-state index in [9.17, 15) is 4.39 Å². The summed E-state index contributed by atoms with van der Waals surface area (Å²) in [6.45, 7) is 8.02. The van der Waals surface area contributed by atoms with Crippen molar-refractivity contribution in [2.24, 2.45) is 10.1 Å². The van der Waals surface area contributed by atoms with E-state index in [-0.39, 0.29) is 17.3 Å². The lowest BCUT2D eigenvalue weighted by Crippen LogP contribution is -2.39. The summed E-state index contributed by atoms with van der Waals surface area (Å²) < 4.78 is 13.7. The SMILES string of the molecule is C=NN(C)CC(C)ONC(=NC)C1(c2cc(F)ccc2C)CC1. The minimum Gasteiger partial charge on any atom is -0.298 e. The third-order valence-corrected chi connectivity index (χ3v) is 4.26. The van der Waals surface area contributed by atoms with E-state index in [4.69, 9.17) is 4.84 Å². The zero-order chi connectivity index (χ0) is 17.0. The van der Waals surface area contributed by atoms with Gasteiger partial charge in [0.1, 0.15) is 17.8 Å². The Morgan fingerprint density at radius 3 is 2.78 bits per heavy atom. The quantitative estimate of drug-likeness (QED) is 0.477. The maximum Gasteiger partial charge on any atom is 0.131 e. The van der Waals surface area contributed by atoms with Crippen LogP contribution in [0.25, 0.3) is 0 Å². The highest BCUT2D eigenvalue weighted by atomic mass is 19.1. The van der Waals surface area contributed by atoms with E-state index in [0.29, 0.717) is 6.54 Å². The molecule has 1 atom stereocenters. The Labute approximate surface area is 137 Å². The lowest BCUT2D eigenvalue weighted by atomic mass is 9.90. The Kier molecular flexibility index (Phi) is 5.36. The molecule has 1 aromatic carbocycles. The van der Waals surface area contributed by atoms with Crippen LogP contribution in [0.3, 0.4) is 0 Å². The Bertz CT molecular complexity index is 598. The average Bonchev–Trinajstić information content (AvgIpc) is 3.31. The van der Waals surface area contributed by atoms with Crippen molar-refractivity contribution in [2.45, 2.75) is 38.2 Å². The molecule has 23 heavy (non-hydrogen) atoms. The van der Waals surface area contributed by atoms with Crippen molar-refractivity contribution >= 4 is 12.6 Å². The third kappa shape index (κ3) is 3.88. The van der Waals surface area contributed by atoms with E-state index < -0.39 is 0 Å². The van der Waals surface area contributed by atoms with Crippen LogP contribution in [-0.2, 0) is 10.3 Å². The standard InChI is InChI=1S/C17H25FN4O/c1-12-6-7-14(18)10-15(12)17(8-9-17)16(19-3)21-23-13(2)11-22(5)20-4/h6-7,10,13H,4,8-9,11H2,1-3,5H3,(H,19,21). The van der Waals surface area contributed by atoms with Gasteiger partial charge in [-0.05, 0) is 49.9 Å². The van der Waals surface area contributed by atoms with Crippen LogP contribution in [0, 0.1) is 12.7 Å². The molecule has 6 heteroatoms. The molecular formula is C17H25FN4O. The van der Waals surface area contributed by atoms with Gasteiger partial charge in [-0.25, -0.2) is 4.39 Å². The molecule has 1 unspecified atom stereocenters. The molecule has 126 valence electrons. The third-order valence-electron chi connectivity index (χ3n) is 4.26. The van der Waals surface area contributed by atoms with Crippen molar-refractivity contribution in [3.63, 3.8) is 0 Å². The lowest BCUT2D eigenvalue weighted by Gasteiger charge is -2.24. The number of aliphatic imine (C=N–C) groups is 1. The van der Waals surface area contributed by atoms with Crippen molar-refractivity contribution in [1.29, 1.82) is 0 Å². The van der Waals surface area contributed by atoms with E-state index in [2.05, 4.69) is 22.3 Å². The summed E-state index contributed by atoms with van der Waals surface area (Å²) in [5.74, 6) is 0.521. The first-order valence-corrected chi connectivity index (χ1v) is 7.76. The van der Waals surface area contributed by atoms with Gasteiger partial charge in [-0.3, -0.25) is 20.3 Å². The molecule has 2 rings (SSSR count). The van der Waals surface area contributed by atoms with Gasteiger partial charge >= 0.3 is 0 Å². The van der Waals surface area contributed by atoms with Crippen LogP contribution in [0.1, 0.15) is 30.9 Å². The van der Waals surface area contributed by atoms with E-state index in [1.165, 1.54) is 6.07 Å². The van der Waals surface area contributed by atoms with Crippen LogP contribution in [0.2, 0.25) is 0 Å². The van der Waals surface area contributed by atoms with Crippen LogP contribution >= 0.6 is 0 Å². The van der Waals surface area contributed by atoms with Crippen LogP contribution < -0.4 is 5.48 Å².